The van der Waals surface area contributed by atoms with Crippen LogP contribution in [0.2, 0.25) is 5.02 Å². The van der Waals surface area contributed by atoms with E-state index in [1.807, 2.05) is 6.07 Å². The van der Waals surface area contributed by atoms with Gasteiger partial charge in [0.05, 0.1) is 7.11 Å². The number of nitrogens with one attached hydrogen (secondary N) is 2. The molecule has 5 nitrogen and oxygen atoms in total. The minimum absolute atomic E-state index is 0.0689. The fourth-order valence-corrected chi connectivity index (χ4v) is 1.99. The van der Waals surface area contributed by atoms with Gasteiger partial charge in [-0.25, -0.2) is 4.79 Å². The minimum atomic E-state index is -0.606. The van der Waals surface area contributed by atoms with E-state index in [2.05, 4.69) is 10.6 Å². The molecule has 20 heavy (non-hydrogen) atoms. The van der Waals surface area contributed by atoms with Crippen LogP contribution in [0.3, 0.4) is 0 Å². The molecule has 0 spiro atoms. The molecule has 6 heteroatoms. The first-order valence-corrected chi connectivity index (χ1v) is 6.74. The number of hydrogen-bond acceptors (Lipinski definition) is 4. The maximum absolute atomic E-state index is 11.8. The van der Waals surface area contributed by atoms with Gasteiger partial charge in [-0.05, 0) is 24.6 Å². The van der Waals surface area contributed by atoms with Crippen LogP contribution in [0.4, 0.5) is 0 Å². The van der Waals surface area contributed by atoms with E-state index in [1.165, 1.54) is 14.0 Å². The van der Waals surface area contributed by atoms with E-state index in [9.17, 15) is 9.59 Å². The lowest BCUT2D eigenvalue weighted by Crippen LogP contribution is -2.32. The number of amides is 1. The van der Waals surface area contributed by atoms with Crippen LogP contribution in [0, 0.1) is 0 Å². The first-order chi connectivity index (χ1) is 9.56. The topological polar surface area (TPSA) is 67.4 Å². The van der Waals surface area contributed by atoms with Crippen molar-refractivity contribution in [3.63, 3.8) is 0 Å². The summed E-state index contributed by atoms with van der Waals surface area (Å²) in [6, 6.07) is 6.52. The van der Waals surface area contributed by atoms with Crippen molar-refractivity contribution in [2.24, 2.45) is 0 Å². The Morgan fingerprint density at radius 1 is 1.30 bits per heavy atom. The fourth-order valence-electron chi connectivity index (χ4n) is 1.75. The number of carbonyl (C=O) groups excluding carboxylic acids is 2. The zero-order valence-electron chi connectivity index (χ0n) is 11.6. The highest BCUT2D eigenvalue weighted by molar-refractivity contribution is 6.31. The van der Waals surface area contributed by atoms with Crippen LogP contribution in [0.25, 0.3) is 0 Å². The van der Waals surface area contributed by atoms with E-state index in [0.717, 1.165) is 0 Å². The first-order valence-electron chi connectivity index (χ1n) is 6.36. The summed E-state index contributed by atoms with van der Waals surface area (Å²) in [4.78, 5) is 22.6. The number of ether oxygens (including phenoxy) is 1. The second-order valence-electron chi connectivity index (χ2n) is 4.27. The molecule has 1 rings (SSSR count). The summed E-state index contributed by atoms with van der Waals surface area (Å²) in [6.45, 7) is 2.58. The van der Waals surface area contributed by atoms with E-state index in [0.29, 0.717) is 30.1 Å². The van der Waals surface area contributed by atoms with Crippen molar-refractivity contribution >= 4 is 23.5 Å². The summed E-state index contributed by atoms with van der Waals surface area (Å²) >= 11 is 6.10. The molecule has 2 N–H and O–H groups in total. The van der Waals surface area contributed by atoms with E-state index in [4.69, 9.17) is 16.3 Å². The van der Waals surface area contributed by atoms with E-state index in [1.54, 1.807) is 18.2 Å². The molecule has 0 radical (unpaired) electrons. The Bertz CT molecular complexity index is 465. The quantitative estimate of drug-likeness (QED) is 0.593. The van der Waals surface area contributed by atoms with Crippen LogP contribution in [-0.2, 0) is 14.3 Å². The SMILES string of the molecule is COC(=O)[C@@H](NCCCNC(C)=O)c1ccccc1Cl. The molecule has 0 fully saturated rings. The summed E-state index contributed by atoms with van der Waals surface area (Å²) in [5.74, 6) is -0.460. The van der Waals surface area contributed by atoms with Crippen LogP contribution in [0.1, 0.15) is 24.9 Å². The Kier molecular flexibility index (Phi) is 7.04. The molecule has 0 unspecified atom stereocenters. The molecule has 0 aliphatic carbocycles. The van der Waals surface area contributed by atoms with Crippen LogP contribution >= 0.6 is 11.6 Å². The second kappa shape index (κ2) is 8.55. The second-order valence-corrected chi connectivity index (χ2v) is 4.68. The third kappa shape index (κ3) is 5.19. The summed E-state index contributed by atoms with van der Waals surface area (Å²) < 4.78 is 4.79. The molecule has 0 aliphatic rings. The summed E-state index contributed by atoms with van der Waals surface area (Å²) in [5, 5.41) is 6.29. The van der Waals surface area contributed by atoms with Gasteiger partial charge >= 0.3 is 5.97 Å². The van der Waals surface area contributed by atoms with E-state index < -0.39 is 12.0 Å². The van der Waals surface area contributed by atoms with Gasteiger partial charge in [-0.2, -0.15) is 0 Å². The van der Waals surface area contributed by atoms with Crippen LogP contribution < -0.4 is 10.6 Å². The van der Waals surface area contributed by atoms with Gasteiger partial charge in [0.1, 0.15) is 6.04 Å². The standard InChI is InChI=1S/C14H19ClN2O3/c1-10(18)16-8-5-9-17-13(14(19)20-2)11-6-3-4-7-12(11)15/h3-4,6-7,13,17H,5,8-9H2,1-2H3,(H,16,18)/t13-/m0/s1. The van der Waals surface area contributed by atoms with Gasteiger partial charge in [-0.15, -0.1) is 0 Å². The number of esters is 1. The van der Waals surface area contributed by atoms with Crippen molar-refractivity contribution in [1.29, 1.82) is 0 Å². The van der Waals surface area contributed by atoms with Gasteiger partial charge in [-0.3, -0.25) is 4.79 Å². The third-order valence-corrected chi connectivity index (χ3v) is 3.07. The smallest absolute Gasteiger partial charge is 0.327 e. The van der Waals surface area contributed by atoms with Crippen molar-refractivity contribution in [2.45, 2.75) is 19.4 Å². The lowest BCUT2D eigenvalue weighted by Gasteiger charge is -2.18. The molecule has 0 bridgehead atoms. The van der Waals surface area contributed by atoms with E-state index >= 15 is 0 Å². The predicted octanol–water partition coefficient (Wildman–Crippen LogP) is 1.67. The number of methoxy groups -OCH3 is 1. The summed E-state index contributed by atoms with van der Waals surface area (Å²) in [7, 11) is 1.34. The maximum Gasteiger partial charge on any atom is 0.327 e. The van der Waals surface area contributed by atoms with Crippen LogP contribution in [0.15, 0.2) is 24.3 Å². The molecule has 1 amide bonds. The van der Waals surface area contributed by atoms with Gasteiger partial charge in [0.2, 0.25) is 5.91 Å². The zero-order chi connectivity index (χ0) is 15.0. The van der Waals surface area contributed by atoms with Crippen molar-refractivity contribution in [3.05, 3.63) is 34.9 Å². The van der Waals surface area contributed by atoms with E-state index in [-0.39, 0.29) is 5.91 Å². The van der Waals surface area contributed by atoms with Gasteiger partial charge in [0, 0.05) is 18.5 Å². The third-order valence-electron chi connectivity index (χ3n) is 2.73. The molecule has 1 aromatic carbocycles. The van der Waals surface area contributed by atoms with Crippen molar-refractivity contribution in [3.8, 4) is 0 Å². The molecule has 0 saturated heterocycles. The highest BCUT2D eigenvalue weighted by Gasteiger charge is 2.22. The first kappa shape index (κ1) is 16.5. The molecule has 0 aromatic heterocycles. The Balaban J connectivity index is 2.60. The summed E-state index contributed by atoms with van der Waals surface area (Å²) in [5.41, 5.74) is 0.681. The lowest BCUT2D eigenvalue weighted by molar-refractivity contribution is -0.143. The normalized spacial score (nSPS) is 11.8. The molecule has 0 aliphatic heterocycles. The largest absolute Gasteiger partial charge is 0.468 e. The molecule has 0 heterocycles. The number of rotatable bonds is 7. The van der Waals surface area contributed by atoms with Crippen molar-refractivity contribution in [1.82, 2.24) is 10.6 Å². The molecule has 1 atom stereocenters. The fraction of sp³-hybridized carbons (Fsp3) is 0.429. The number of benzene rings is 1. The number of hydrogen-bond donors (Lipinski definition) is 2. The van der Waals surface area contributed by atoms with Gasteiger partial charge in [0.25, 0.3) is 0 Å². The molecular formula is C14H19ClN2O3. The van der Waals surface area contributed by atoms with Crippen LogP contribution in [-0.4, -0.2) is 32.1 Å². The Hall–Kier alpha value is -1.59. The molecular weight excluding hydrogens is 280 g/mol. The molecule has 110 valence electrons. The summed E-state index contributed by atoms with van der Waals surface area (Å²) in [6.07, 6.45) is 0.706. The van der Waals surface area contributed by atoms with Gasteiger partial charge in [0.15, 0.2) is 0 Å². The minimum Gasteiger partial charge on any atom is -0.468 e. The maximum atomic E-state index is 11.8. The Morgan fingerprint density at radius 2 is 2.00 bits per heavy atom. The highest BCUT2D eigenvalue weighted by atomic mass is 35.5. The van der Waals surface area contributed by atoms with Crippen molar-refractivity contribution in [2.75, 3.05) is 20.2 Å². The molecule has 1 aromatic rings. The lowest BCUT2D eigenvalue weighted by atomic mass is 10.1. The predicted molar refractivity (Wildman–Crippen MR) is 77.5 cm³/mol. The van der Waals surface area contributed by atoms with Crippen molar-refractivity contribution < 1.29 is 14.3 Å². The average Bonchev–Trinajstić information content (AvgIpc) is 2.43. The van der Waals surface area contributed by atoms with Gasteiger partial charge < -0.3 is 15.4 Å². The Morgan fingerprint density at radius 3 is 2.60 bits per heavy atom. The van der Waals surface area contributed by atoms with Gasteiger partial charge in [-0.1, -0.05) is 29.8 Å². The molecule has 0 saturated carbocycles. The van der Waals surface area contributed by atoms with Crippen LogP contribution in [0.5, 0.6) is 0 Å². The average molecular weight is 299 g/mol. The number of halogens is 1. The number of carbonyl (C=O) groups is 2. The Labute approximate surface area is 123 Å². The highest BCUT2D eigenvalue weighted by Crippen LogP contribution is 2.23. The monoisotopic (exact) mass is 298 g/mol. The zero-order valence-corrected chi connectivity index (χ0v) is 12.4.